The fraction of sp³-hybridized carbons (Fsp3) is 0.250. The van der Waals surface area contributed by atoms with Gasteiger partial charge in [-0.1, -0.05) is 30.3 Å². The van der Waals surface area contributed by atoms with Crippen LogP contribution in [0, 0.1) is 12.7 Å². The second kappa shape index (κ2) is 4.54. The predicted octanol–water partition coefficient (Wildman–Crippen LogP) is 3.37. The first-order valence-corrected chi connectivity index (χ1v) is 6.30. The molecule has 0 saturated heterocycles. The molecule has 0 aromatic heterocycles. The van der Waals surface area contributed by atoms with E-state index in [0.29, 0.717) is 5.92 Å². The SMILES string of the molecule is Cc1cc(F)ccc1C1CNCc2ccccc21. The second-order valence-corrected chi connectivity index (χ2v) is 4.88. The van der Waals surface area contributed by atoms with Crippen molar-refractivity contribution in [1.82, 2.24) is 5.32 Å². The molecule has 0 radical (unpaired) electrons. The molecule has 0 bridgehead atoms. The van der Waals surface area contributed by atoms with E-state index in [9.17, 15) is 4.39 Å². The average molecular weight is 241 g/mol. The summed E-state index contributed by atoms with van der Waals surface area (Å²) in [6, 6.07) is 13.6. The monoisotopic (exact) mass is 241 g/mol. The Labute approximate surface area is 107 Å². The number of aryl methyl sites for hydroxylation is 1. The van der Waals surface area contributed by atoms with E-state index in [2.05, 4.69) is 29.6 Å². The molecule has 0 saturated carbocycles. The Morgan fingerprint density at radius 1 is 1.11 bits per heavy atom. The molecule has 0 spiro atoms. The Bertz CT molecular complexity index is 577. The minimum absolute atomic E-state index is 0.159. The molecule has 1 nitrogen and oxygen atoms in total. The van der Waals surface area contributed by atoms with Gasteiger partial charge in [-0.25, -0.2) is 4.39 Å². The molecule has 18 heavy (non-hydrogen) atoms. The summed E-state index contributed by atoms with van der Waals surface area (Å²) in [5.74, 6) is 0.170. The summed E-state index contributed by atoms with van der Waals surface area (Å²) >= 11 is 0. The lowest BCUT2D eigenvalue weighted by molar-refractivity contribution is 0.585. The largest absolute Gasteiger partial charge is 0.312 e. The minimum Gasteiger partial charge on any atom is -0.312 e. The highest BCUT2D eigenvalue weighted by Crippen LogP contribution is 2.31. The number of benzene rings is 2. The zero-order chi connectivity index (χ0) is 12.5. The molecule has 2 aromatic rings. The Morgan fingerprint density at radius 2 is 1.94 bits per heavy atom. The Hall–Kier alpha value is -1.67. The normalized spacial score (nSPS) is 18.4. The molecule has 1 aliphatic heterocycles. The van der Waals surface area contributed by atoms with Crippen LogP contribution in [-0.4, -0.2) is 6.54 Å². The number of fused-ring (bicyclic) bond motifs is 1. The van der Waals surface area contributed by atoms with E-state index in [0.717, 1.165) is 18.7 Å². The number of rotatable bonds is 1. The van der Waals surface area contributed by atoms with Gasteiger partial charge < -0.3 is 5.32 Å². The maximum absolute atomic E-state index is 13.2. The Morgan fingerprint density at radius 3 is 2.78 bits per heavy atom. The quantitative estimate of drug-likeness (QED) is 0.807. The summed E-state index contributed by atoms with van der Waals surface area (Å²) in [4.78, 5) is 0. The molecule has 0 aliphatic carbocycles. The molecular weight excluding hydrogens is 225 g/mol. The lowest BCUT2D eigenvalue weighted by Gasteiger charge is -2.27. The molecular formula is C16H16FN. The van der Waals surface area contributed by atoms with Crippen LogP contribution in [0.2, 0.25) is 0 Å². The fourth-order valence-electron chi connectivity index (χ4n) is 2.80. The third kappa shape index (κ3) is 1.93. The van der Waals surface area contributed by atoms with Crippen molar-refractivity contribution in [3.8, 4) is 0 Å². The number of hydrogen-bond acceptors (Lipinski definition) is 1. The zero-order valence-corrected chi connectivity index (χ0v) is 10.4. The van der Waals surface area contributed by atoms with Crippen molar-refractivity contribution in [2.45, 2.75) is 19.4 Å². The fourth-order valence-corrected chi connectivity index (χ4v) is 2.80. The van der Waals surface area contributed by atoms with Crippen molar-refractivity contribution in [2.75, 3.05) is 6.54 Å². The van der Waals surface area contributed by atoms with Crippen LogP contribution in [0.15, 0.2) is 42.5 Å². The molecule has 1 heterocycles. The molecule has 92 valence electrons. The second-order valence-electron chi connectivity index (χ2n) is 4.88. The Kier molecular flexibility index (Phi) is 2.88. The lowest BCUT2D eigenvalue weighted by Crippen LogP contribution is -2.29. The Balaban J connectivity index is 2.08. The first-order valence-electron chi connectivity index (χ1n) is 6.30. The van der Waals surface area contributed by atoms with Crippen LogP contribution in [0.25, 0.3) is 0 Å². The van der Waals surface area contributed by atoms with Gasteiger partial charge in [0, 0.05) is 19.0 Å². The van der Waals surface area contributed by atoms with E-state index in [1.54, 1.807) is 12.1 Å². The van der Waals surface area contributed by atoms with Crippen LogP contribution in [-0.2, 0) is 6.54 Å². The number of nitrogens with one attached hydrogen (secondary N) is 1. The van der Waals surface area contributed by atoms with Crippen molar-refractivity contribution < 1.29 is 4.39 Å². The van der Waals surface area contributed by atoms with Gasteiger partial charge in [0.05, 0.1) is 0 Å². The summed E-state index contributed by atoms with van der Waals surface area (Å²) in [6.07, 6.45) is 0. The lowest BCUT2D eigenvalue weighted by atomic mass is 9.84. The maximum Gasteiger partial charge on any atom is 0.123 e. The minimum atomic E-state index is -0.159. The third-order valence-electron chi connectivity index (χ3n) is 3.70. The van der Waals surface area contributed by atoms with Gasteiger partial charge in [-0.05, 0) is 41.3 Å². The topological polar surface area (TPSA) is 12.0 Å². The van der Waals surface area contributed by atoms with Gasteiger partial charge in [-0.3, -0.25) is 0 Å². The summed E-state index contributed by atoms with van der Waals surface area (Å²) in [5.41, 5.74) is 4.96. The van der Waals surface area contributed by atoms with E-state index in [1.807, 2.05) is 13.0 Å². The maximum atomic E-state index is 13.2. The van der Waals surface area contributed by atoms with Crippen molar-refractivity contribution in [3.63, 3.8) is 0 Å². The molecule has 0 fully saturated rings. The number of hydrogen-bond donors (Lipinski definition) is 1. The first kappa shape index (κ1) is 11.4. The molecule has 1 atom stereocenters. The van der Waals surface area contributed by atoms with Crippen LogP contribution < -0.4 is 5.32 Å². The summed E-state index contributed by atoms with van der Waals surface area (Å²) in [5, 5.41) is 3.44. The highest BCUT2D eigenvalue weighted by molar-refractivity contribution is 5.43. The van der Waals surface area contributed by atoms with Gasteiger partial charge in [0.2, 0.25) is 0 Å². The third-order valence-corrected chi connectivity index (χ3v) is 3.70. The van der Waals surface area contributed by atoms with E-state index < -0.39 is 0 Å². The van der Waals surface area contributed by atoms with Gasteiger partial charge in [0.25, 0.3) is 0 Å². The summed E-state index contributed by atoms with van der Waals surface area (Å²) in [7, 11) is 0. The first-order chi connectivity index (χ1) is 8.75. The van der Waals surface area contributed by atoms with Crippen molar-refractivity contribution in [3.05, 3.63) is 70.5 Å². The van der Waals surface area contributed by atoms with Crippen LogP contribution in [0.4, 0.5) is 4.39 Å². The average Bonchev–Trinajstić information content (AvgIpc) is 2.38. The summed E-state index contributed by atoms with van der Waals surface area (Å²) in [6.45, 7) is 3.83. The van der Waals surface area contributed by atoms with Gasteiger partial charge in [-0.15, -0.1) is 0 Å². The number of halogens is 1. The molecule has 1 unspecified atom stereocenters. The van der Waals surface area contributed by atoms with Crippen LogP contribution in [0.5, 0.6) is 0 Å². The standard InChI is InChI=1S/C16H16FN/c1-11-8-13(17)6-7-14(11)16-10-18-9-12-4-2-3-5-15(12)16/h2-8,16,18H,9-10H2,1H3. The van der Waals surface area contributed by atoms with Crippen molar-refractivity contribution >= 4 is 0 Å². The van der Waals surface area contributed by atoms with Gasteiger partial charge in [0.1, 0.15) is 5.82 Å². The van der Waals surface area contributed by atoms with Crippen molar-refractivity contribution in [1.29, 1.82) is 0 Å². The van der Waals surface area contributed by atoms with Gasteiger partial charge in [0.15, 0.2) is 0 Å². The van der Waals surface area contributed by atoms with Crippen LogP contribution in [0.1, 0.15) is 28.2 Å². The molecule has 2 aromatic carbocycles. The highest BCUT2D eigenvalue weighted by Gasteiger charge is 2.22. The highest BCUT2D eigenvalue weighted by atomic mass is 19.1. The van der Waals surface area contributed by atoms with Crippen LogP contribution in [0.3, 0.4) is 0 Å². The van der Waals surface area contributed by atoms with E-state index in [1.165, 1.54) is 16.7 Å². The molecule has 2 heteroatoms. The molecule has 1 aliphatic rings. The van der Waals surface area contributed by atoms with Gasteiger partial charge >= 0.3 is 0 Å². The molecule has 3 rings (SSSR count). The molecule has 0 amide bonds. The van der Waals surface area contributed by atoms with Crippen LogP contribution >= 0.6 is 0 Å². The van der Waals surface area contributed by atoms with E-state index >= 15 is 0 Å². The van der Waals surface area contributed by atoms with E-state index in [4.69, 9.17) is 0 Å². The predicted molar refractivity (Wildman–Crippen MR) is 71.1 cm³/mol. The van der Waals surface area contributed by atoms with Crippen molar-refractivity contribution in [2.24, 2.45) is 0 Å². The smallest absolute Gasteiger partial charge is 0.123 e. The van der Waals surface area contributed by atoms with Gasteiger partial charge in [-0.2, -0.15) is 0 Å². The molecule has 1 N–H and O–H groups in total. The zero-order valence-electron chi connectivity index (χ0n) is 10.4. The summed E-state index contributed by atoms with van der Waals surface area (Å²) < 4.78 is 13.2. The van der Waals surface area contributed by atoms with E-state index in [-0.39, 0.29) is 5.82 Å².